The molecule has 6 heteroatoms. The highest BCUT2D eigenvalue weighted by Gasteiger charge is 2.16. The molecule has 0 radical (unpaired) electrons. The minimum Gasteiger partial charge on any atom is -0.340 e. The SMILES string of the molecule is CN(Cc1ccc(Cl)cc1)C(=O)Cn1c(=O)n(C)c2ccccc21. The smallest absolute Gasteiger partial charge is 0.329 e. The third-order valence-corrected chi connectivity index (χ3v) is 4.36. The molecule has 24 heavy (non-hydrogen) atoms. The molecule has 2 aromatic carbocycles. The number of hydrogen-bond donors (Lipinski definition) is 0. The number of hydrogen-bond acceptors (Lipinski definition) is 2. The number of rotatable bonds is 4. The second kappa shape index (κ2) is 6.53. The van der Waals surface area contributed by atoms with Crippen molar-refractivity contribution < 1.29 is 4.79 Å². The van der Waals surface area contributed by atoms with Gasteiger partial charge in [-0.25, -0.2) is 4.79 Å². The van der Waals surface area contributed by atoms with E-state index in [-0.39, 0.29) is 18.1 Å². The van der Waals surface area contributed by atoms with E-state index in [0.29, 0.717) is 11.6 Å². The molecule has 124 valence electrons. The molecule has 0 spiro atoms. The van der Waals surface area contributed by atoms with Crippen LogP contribution in [0.3, 0.4) is 0 Å². The third-order valence-electron chi connectivity index (χ3n) is 4.10. The number of benzene rings is 2. The van der Waals surface area contributed by atoms with Crippen molar-refractivity contribution in [2.45, 2.75) is 13.1 Å². The maximum atomic E-state index is 12.5. The van der Waals surface area contributed by atoms with Crippen LogP contribution >= 0.6 is 11.6 Å². The molecular weight excluding hydrogens is 326 g/mol. The Kier molecular flexibility index (Phi) is 4.44. The minimum absolute atomic E-state index is 0.0181. The lowest BCUT2D eigenvalue weighted by atomic mass is 10.2. The van der Waals surface area contributed by atoms with Crippen LogP contribution < -0.4 is 5.69 Å². The zero-order valence-electron chi connectivity index (χ0n) is 13.6. The lowest BCUT2D eigenvalue weighted by Gasteiger charge is -2.17. The molecule has 3 aromatic rings. The number of para-hydroxylation sites is 2. The molecule has 0 aliphatic heterocycles. The molecule has 0 bridgehead atoms. The van der Waals surface area contributed by atoms with Crippen molar-refractivity contribution in [3.63, 3.8) is 0 Å². The van der Waals surface area contributed by atoms with Gasteiger partial charge in [0.1, 0.15) is 6.54 Å². The Balaban J connectivity index is 1.81. The lowest BCUT2D eigenvalue weighted by Crippen LogP contribution is -2.33. The van der Waals surface area contributed by atoms with Gasteiger partial charge in [-0.15, -0.1) is 0 Å². The average Bonchev–Trinajstić information content (AvgIpc) is 2.82. The van der Waals surface area contributed by atoms with Gasteiger partial charge in [0.05, 0.1) is 11.0 Å². The first-order valence-corrected chi connectivity index (χ1v) is 7.98. The number of amides is 1. The molecule has 0 saturated carbocycles. The van der Waals surface area contributed by atoms with Crippen molar-refractivity contribution in [2.24, 2.45) is 7.05 Å². The first-order chi connectivity index (χ1) is 11.5. The molecule has 0 unspecified atom stereocenters. The van der Waals surface area contributed by atoms with Crippen molar-refractivity contribution >= 4 is 28.5 Å². The molecular formula is C18H18ClN3O2. The van der Waals surface area contributed by atoms with E-state index >= 15 is 0 Å². The van der Waals surface area contributed by atoms with E-state index in [4.69, 9.17) is 11.6 Å². The van der Waals surface area contributed by atoms with Gasteiger partial charge in [-0.2, -0.15) is 0 Å². The number of imidazole rings is 1. The van der Waals surface area contributed by atoms with Crippen LogP contribution in [0.25, 0.3) is 11.0 Å². The molecule has 1 heterocycles. The third kappa shape index (κ3) is 3.08. The topological polar surface area (TPSA) is 47.2 Å². The Hall–Kier alpha value is -2.53. The number of fused-ring (bicyclic) bond motifs is 1. The number of carbonyl (C=O) groups is 1. The zero-order chi connectivity index (χ0) is 17.3. The van der Waals surface area contributed by atoms with E-state index in [1.54, 1.807) is 35.7 Å². The van der Waals surface area contributed by atoms with Crippen LogP contribution in [-0.4, -0.2) is 27.0 Å². The summed E-state index contributed by atoms with van der Waals surface area (Å²) in [7, 11) is 3.44. The van der Waals surface area contributed by atoms with Crippen LogP contribution in [0, 0.1) is 0 Å². The average molecular weight is 344 g/mol. The highest BCUT2D eigenvalue weighted by Crippen LogP contribution is 2.13. The predicted octanol–water partition coefficient (Wildman–Crippen LogP) is 2.65. The largest absolute Gasteiger partial charge is 0.340 e. The van der Waals surface area contributed by atoms with Crippen LogP contribution in [-0.2, 0) is 24.9 Å². The van der Waals surface area contributed by atoms with Crippen LogP contribution in [0.15, 0.2) is 53.3 Å². The lowest BCUT2D eigenvalue weighted by molar-refractivity contribution is -0.131. The van der Waals surface area contributed by atoms with Gasteiger partial charge in [0.15, 0.2) is 0 Å². The summed E-state index contributed by atoms with van der Waals surface area (Å²) in [6.45, 7) is 0.486. The van der Waals surface area contributed by atoms with Gasteiger partial charge in [0, 0.05) is 25.7 Å². The van der Waals surface area contributed by atoms with E-state index in [9.17, 15) is 9.59 Å². The van der Waals surface area contributed by atoms with E-state index in [1.807, 2.05) is 36.4 Å². The summed E-state index contributed by atoms with van der Waals surface area (Å²) in [5.74, 6) is -0.122. The van der Waals surface area contributed by atoms with Crippen molar-refractivity contribution in [1.29, 1.82) is 0 Å². The Bertz CT molecular complexity index is 941. The first-order valence-electron chi connectivity index (χ1n) is 7.60. The van der Waals surface area contributed by atoms with Crippen LogP contribution in [0.5, 0.6) is 0 Å². The predicted molar refractivity (Wildman–Crippen MR) is 95.1 cm³/mol. The number of nitrogens with zero attached hydrogens (tertiary/aromatic N) is 3. The quantitative estimate of drug-likeness (QED) is 0.731. The Morgan fingerprint density at radius 2 is 1.71 bits per heavy atom. The Labute approximate surface area is 144 Å². The second-order valence-corrected chi connectivity index (χ2v) is 6.23. The first kappa shape index (κ1) is 16.3. The number of aryl methyl sites for hydroxylation is 1. The summed E-state index contributed by atoms with van der Waals surface area (Å²) >= 11 is 5.87. The monoisotopic (exact) mass is 343 g/mol. The fourth-order valence-corrected chi connectivity index (χ4v) is 2.85. The molecule has 0 atom stereocenters. The summed E-state index contributed by atoms with van der Waals surface area (Å²) in [5.41, 5.74) is 2.37. The summed E-state index contributed by atoms with van der Waals surface area (Å²) in [6, 6.07) is 14.8. The number of likely N-dealkylation sites (N-methyl/N-ethyl adjacent to an activating group) is 1. The Morgan fingerprint density at radius 1 is 1.08 bits per heavy atom. The standard InChI is InChI=1S/C18H18ClN3O2/c1-20(11-13-7-9-14(19)10-8-13)17(23)12-22-16-6-4-3-5-15(16)21(2)18(22)24/h3-10H,11-12H2,1-2H3. The van der Waals surface area contributed by atoms with Crippen molar-refractivity contribution in [1.82, 2.24) is 14.0 Å². The van der Waals surface area contributed by atoms with Crippen molar-refractivity contribution in [2.75, 3.05) is 7.05 Å². The maximum Gasteiger partial charge on any atom is 0.329 e. The zero-order valence-corrected chi connectivity index (χ0v) is 14.3. The molecule has 1 amide bonds. The van der Waals surface area contributed by atoms with Gasteiger partial charge in [0.2, 0.25) is 5.91 Å². The fraction of sp³-hybridized carbons (Fsp3) is 0.222. The fourth-order valence-electron chi connectivity index (χ4n) is 2.72. The molecule has 0 aliphatic carbocycles. The van der Waals surface area contributed by atoms with Gasteiger partial charge >= 0.3 is 5.69 Å². The summed E-state index contributed by atoms with van der Waals surface area (Å²) in [5, 5.41) is 0.662. The molecule has 0 fully saturated rings. The van der Waals surface area contributed by atoms with Crippen LogP contribution in [0.2, 0.25) is 5.02 Å². The van der Waals surface area contributed by atoms with Gasteiger partial charge in [-0.3, -0.25) is 13.9 Å². The van der Waals surface area contributed by atoms with E-state index < -0.39 is 0 Å². The van der Waals surface area contributed by atoms with E-state index in [0.717, 1.165) is 16.6 Å². The summed E-state index contributed by atoms with van der Waals surface area (Å²) in [6.07, 6.45) is 0. The molecule has 1 aromatic heterocycles. The highest BCUT2D eigenvalue weighted by atomic mass is 35.5. The highest BCUT2D eigenvalue weighted by molar-refractivity contribution is 6.30. The van der Waals surface area contributed by atoms with Crippen molar-refractivity contribution in [3.8, 4) is 0 Å². The van der Waals surface area contributed by atoms with Crippen molar-refractivity contribution in [3.05, 3.63) is 69.6 Å². The minimum atomic E-state index is -0.190. The van der Waals surface area contributed by atoms with Gasteiger partial charge < -0.3 is 4.90 Å². The Morgan fingerprint density at radius 3 is 2.38 bits per heavy atom. The molecule has 0 saturated heterocycles. The maximum absolute atomic E-state index is 12.5. The number of carbonyl (C=O) groups excluding carboxylic acids is 1. The van der Waals surface area contributed by atoms with Gasteiger partial charge in [-0.05, 0) is 29.8 Å². The van der Waals surface area contributed by atoms with Gasteiger partial charge in [0.25, 0.3) is 0 Å². The second-order valence-electron chi connectivity index (χ2n) is 5.79. The number of halogens is 1. The molecule has 0 aliphatic rings. The van der Waals surface area contributed by atoms with Crippen LogP contribution in [0.1, 0.15) is 5.56 Å². The summed E-state index contributed by atoms with van der Waals surface area (Å²) < 4.78 is 3.07. The molecule has 3 rings (SSSR count). The molecule has 0 N–H and O–H groups in total. The van der Waals surface area contributed by atoms with Crippen LogP contribution in [0.4, 0.5) is 0 Å². The normalized spacial score (nSPS) is 11.0. The van der Waals surface area contributed by atoms with E-state index in [1.165, 1.54) is 4.57 Å². The van der Waals surface area contributed by atoms with Gasteiger partial charge in [-0.1, -0.05) is 35.9 Å². The number of aromatic nitrogens is 2. The molecule has 5 nitrogen and oxygen atoms in total. The van der Waals surface area contributed by atoms with E-state index in [2.05, 4.69) is 0 Å². The summed E-state index contributed by atoms with van der Waals surface area (Å²) in [4.78, 5) is 26.5.